The number of rotatable bonds is 7. The van der Waals surface area contributed by atoms with Crippen LogP contribution in [0.5, 0.6) is 11.5 Å². The fourth-order valence-corrected chi connectivity index (χ4v) is 8.38. The molecule has 284 valence electrons. The molecule has 7 rings (SSSR count). The van der Waals surface area contributed by atoms with Crippen LogP contribution in [-0.2, 0) is 9.47 Å². The monoisotopic (exact) mass is 722 g/mol. The lowest BCUT2D eigenvalue weighted by Gasteiger charge is -2.58. The van der Waals surface area contributed by atoms with Gasteiger partial charge in [-0.3, -0.25) is 4.90 Å². The molecule has 0 bridgehead atoms. The minimum atomic E-state index is -0.659. The van der Waals surface area contributed by atoms with Crippen LogP contribution >= 0.6 is 0 Å². The molecule has 53 heavy (non-hydrogen) atoms. The quantitative estimate of drug-likeness (QED) is 0.174. The van der Waals surface area contributed by atoms with Crippen LogP contribution in [0.2, 0.25) is 0 Å². The van der Waals surface area contributed by atoms with Crippen molar-refractivity contribution < 1.29 is 23.8 Å². The molecule has 4 heterocycles. The minimum absolute atomic E-state index is 0.348. The van der Waals surface area contributed by atoms with Crippen molar-refractivity contribution in [1.82, 2.24) is 14.5 Å². The van der Waals surface area contributed by atoms with Crippen LogP contribution in [0, 0.1) is 11.3 Å². The van der Waals surface area contributed by atoms with E-state index in [1.807, 2.05) is 73.6 Å². The third-order valence-electron chi connectivity index (χ3n) is 10.6. The Hall–Kier alpha value is -4.37. The van der Waals surface area contributed by atoms with Gasteiger partial charge in [-0.25, -0.2) is 19.1 Å². The van der Waals surface area contributed by atoms with Gasteiger partial charge in [0.1, 0.15) is 33.9 Å². The molecule has 9 nitrogen and oxygen atoms in total. The van der Waals surface area contributed by atoms with Gasteiger partial charge >= 0.3 is 12.1 Å². The van der Waals surface area contributed by atoms with E-state index in [-0.39, 0.29) is 0 Å². The van der Waals surface area contributed by atoms with Gasteiger partial charge in [0.15, 0.2) is 0 Å². The Morgan fingerprint density at radius 2 is 1.55 bits per heavy atom. The van der Waals surface area contributed by atoms with E-state index >= 15 is 0 Å². The molecule has 1 unspecified atom stereocenters. The fourth-order valence-electron chi connectivity index (χ4n) is 8.38. The van der Waals surface area contributed by atoms with E-state index in [1.165, 1.54) is 42.4 Å². The topological polar surface area (TPSA) is 86.1 Å². The molecule has 0 radical (unpaired) electrons. The third kappa shape index (κ3) is 8.72. The standard InChI is InChI=1S/C42H52N4O5.C2H6/c1-40(2,3)50-38(47)34-15-14-32(25-35(34)49-33-24-31-18-23-46(37(31)43-26-33)39(48)51-41(4,5)6)44-21-16-29(17-22-44)27-45-28-42(19-10-11-20-42)36(45)30-12-8-7-9-13-30;1-2/h7-9,12-15,18,23-26,29,36H,10-11,16-17,19-22,27-28H2,1-6H3;1-2H3. The molecule has 0 amide bonds. The molecule has 9 heteroatoms. The Balaban J connectivity index is 0.00000236. The number of ether oxygens (including phenoxy) is 3. The molecule has 0 N–H and O–H groups in total. The van der Waals surface area contributed by atoms with E-state index < -0.39 is 23.3 Å². The Labute approximate surface area is 315 Å². The maximum Gasteiger partial charge on any atom is 0.420 e. The van der Waals surface area contributed by atoms with E-state index in [0.29, 0.717) is 45.5 Å². The highest BCUT2D eigenvalue weighted by Crippen LogP contribution is 2.58. The summed E-state index contributed by atoms with van der Waals surface area (Å²) in [5, 5.41) is 0.714. The maximum atomic E-state index is 13.4. The fraction of sp³-hybridized carbons (Fsp3) is 0.523. The number of hydrogen-bond acceptors (Lipinski definition) is 8. The summed E-state index contributed by atoms with van der Waals surface area (Å²) in [7, 11) is 0. The Morgan fingerprint density at radius 1 is 0.868 bits per heavy atom. The highest BCUT2D eigenvalue weighted by molar-refractivity contribution is 5.94. The largest absolute Gasteiger partial charge is 0.456 e. The third-order valence-corrected chi connectivity index (χ3v) is 10.6. The normalized spacial score (nSPS) is 19.0. The van der Waals surface area contributed by atoms with Gasteiger partial charge in [-0.15, -0.1) is 0 Å². The van der Waals surface area contributed by atoms with Gasteiger partial charge in [-0.05, 0) is 103 Å². The summed E-state index contributed by atoms with van der Waals surface area (Å²) in [6.07, 6.45) is 10.4. The molecular weight excluding hydrogens is 665 g/mol. The lowest BCUT2D eigenvalue weighted by atomic mass is 9.67. The van der Waals surface area contributed by atoms with Gasteiger partial charge in [0.25, 0.3) is 0 Å². The number of esters is 1. The number of pyridine rings is 1. The van der Waals surface area contributed by atoms with Gasteiger partial charge < -0.3 is 19.1 Å². The summed E-state index contributed by atoms with van der Waals surface area (Å²) in [5.74, 6) is 1.06. The zero-order chi connectivity index (χ0) is 38.0. The van der Waals surface area contributed by atoms with Gasteiger partial charge in [0.2, 0.25) is 0 Å². The second-order valence-electron chi connectivity index (χ2n) is 16.8. The molecule has 4 aromatic rings. The number of anilines is 1. The number of carbonyl (C=O) groups excluding carboxylic acids is 2. The predicted molar refractivity (Wildman–Crippen MR) is 211 cm³/mol. The number of hydrogen-bond donors (Lipinski definition) is 0. The summed E-state index contributed by atoms with van der Waals surface area (Å²) in [4.78, 5) is 35.8. The minimum Gasteiger partial charge on any atom is -0.456 e. The molecule has 2 aliphatic heterocycles. The predicted octanol–water partition coefficient (Wildman–Crippen LogP) is 10.4. The van der Waals surface area contributed by atoms with Crippen LogP contribution in [0.25, 0.3) is 11.0 Å². The van der Waals surface area contributed by atoms with Crippen molar-refractivity contribution >= 4 is 28.8 Å². The van der Waals surface area contributed by atoms with Crippen molar-refractivity contribution in [3.05, 3.63) is 84.2 Å². The zero-order valence-corrected chi connectivity index (χ0v) is 33.0. The Bertz CT molecular complexity index is 1880. The van der Waals surface area contributed by atoms with Gasteiger partial charge in [-0.2, -0.15) is 0 Å². The lowest BCUT2D eigenvalue weighted by Crippen LogP contribution is -2.58. The first-order chi connectivity index (χ1) is 25.3. The van der Waals surface area contributed by atoms with E-state index in [1.54, 1.807) is 24.5 Å². The van der Waals surface area contributed by atoms with Crippen molar-refractivity contribution in [2.75, 3.05) is 31.1 Å². The highest BCUT2D eigenvalue weighted by Gasteiger charge is 2.54. The lowest BCUT2D eigenvalue weighted by molar-refractivity contribution is -0.0832. The average molecular weight is 723 g/mol. The number of carbonyl (C=O) groups is 2. The van der Waals surface area contributed by atoms with Crippen LogP contribution < -0.4 is 9.64 Å². The zero-order valence-electron chi connectivity index (χ0n) is 33.0. The summed E-state index contributed by atoms with van der Waals surface area (Å²) in [6.45, 7) is 19.3. The van der Waals surface area contributed by atoms with Gasteiger partial charge in [-0.1, -0.05) is 57.0 Å². The number of nitrogens with zero attached hydrogens (tertiary/aromatic N) is 4. The number of piperidine rings is 1. The van der Waals surface area contributed by atoms with E-state index in [2.05, 4.69) is 45.1 Å². The van der Waals surface area contributed by atoms with E-state index in [9.17, 15) is 9.59 Å². The Kier molecular flexibility index (Phi) is 11.2. The molecule has 2 aromatic carbocycles. The number of likely N-dealkylation sites (tertiary alicyclic amines) is 1. The number of aromatic nitrogens is 2. The maximum absolute atomic E-state index is 13.4. The van der Waals surface area contributed by atoms with Crippen molar-refractivity contribution in [3.63, 3.8) is 0 Å². The van der Waals surface area contributed by atoms with Gasteiger partial charge in [0, 0.05) is 61.0 Å². The molecular formula is C44H58N4O5. The number of benzene rings is 2. The van der Waals surface area contributed by atoms with E-state index in [0.717, 1.165) is 38.2 Å². The molecule has 1 atom stereocenters. The van der Waals surface area contributed by atoms with Crippen molar-refractivity contribution in [1.29, 1.82) is 0 Å². The van der Waals surface area contributed by atoms with E-state index in [4.69, 9.17) is 14.2 Å². The van der Waals surface area contributed by atoms with Crippen molar-refractivity contribution in [2.45, 2.75) is 111 Å². The molecule has 1 saturated carbocycles. The van der Waals surface area contributed by atoms with Crippen LogP contribution in [0.3, 0.4) is 0 Å². The van der Waals surface area contributed by atoms with Crippen molar-refractivity contribution in [2.24, 2.45) is 11.3 Å². The second kappa shape index (κ2) is 15.5. The van der Waals surface area contributed by atoms with Crippen LogP contribution in [0.4, 0.5) is 10.5 Å². The average Bonchev–Trinajstić information content (AvgIpc) is 3.77. The Morgan fingerprint density at radius 3 is 2.21 bits per heavy atom. The summed E-state index contributed by atoms with van der Waals surface area (Å²) < 4.78 is 19.1. The summed E-state index contributed by atoms with van der Waals surface area (Å²) in [5.41, 5.74) is 2.48. The smallest absolute Gasteiger partial charge is 0.420 e. The first-order valence-corrected chi connectivity index (χ1v) is 19.6. The van der Waals surface area contributed by atoms with Crippen LogP contribution in [-0.4, -0.2) is 63.9 Å². The summed E-state index contributed by atoms with van der Waals surface area (Å²) >= 11 is 0. The highest BCUT2D eigenvalue weighted by atomic mass is 16.6. The molecule has 3 aliphatic rings. The summed E-state index contributed by atoms with van der Waals surface area (Å²) in [6, 6.07) is 21.1. The molecule has 1 spiro atoms. The van der Waals surface area contributed by atoms with Crippen LogP contribution in [0.1, 0.15) is 116 Å². The first kappa shape index (κ1) is 38.4. The SMILES string of the molecule is CC.CC(C)(C)OC(=O)c1ccc(N2CCC(CN3CC4(CCCC4)C3c3ccccc3)CC2)cc1Oc1cnc2c(ccn2C(=O)OC(C)(C)C)c1. The van der Waals surface area contributed by atoms with Gasteiger partial charge in [0.05, 0.1) is 6.20 Å². The molecule has 2 saturated heterocycles. The van der Waals surface area contributed by atoms with Crippen LogP contribution in [0.15, 0.2) is 73.1 Å². The molecule has 2 aromatic heterocycles. The molecule has 3 fully saturated rings. The van der Waals surface area contributed by atoms with Crippen molar-refractivity contribution in [3.8, 4) is 11.5 Å². The second-order valence-corrected chi connectivity index (χ2v) is 16.8. The number of fused-ring (bicyclic) bond motifs is 1. The first-order valence-electron chi connectivity index (χ1n) is 19.6. The molecule has 1 aliphatic carbocycles.